The van der Waals surface area contributed by atoms with Crippen LogP contribution < -0.4 is 5.32 Å². The maximum Gasteiger partial charge on any atom is 0.306 e. The quantitative estimate of drug-likeness (QED) is 0.0321. The van der Waals surface area contributed by atoms with E-state index in [9.17, 15) is 19.8 Å². The number of rotatable bonds is 48. The highest BCUT2D eigenvalue weighted by molar-refractivity contribution is 5.77. The van der Waals surface area contributed by atoms with Crippen LogP contribution in [0.2, 0.25) is 0 Å². The fraction of sp³-hybridized carbons (Fsp3) is 0.789. The molecule has 0 rings (SSSR count). The largest absolute Gasteiger partial charge is 0.462 e. The molecule has 0 saturated carbocycles. The Balaban J connectivity index is 4.67. The van der Waals surface area contributed by atoms with Crippen LogP contribution >= 0.6 is 0 Å². The second-order valence-electron chi connectivity index (χ2n) is 18.3. The topological polar surface area (TPSA) is 95.9 Å². The number of esters is 1. The molecule has 0 bridgehead atoms. The van der Waals surface area contributed by atoms with E-state index in [0.717, 1.165) is 70.6 Å². The molecule has 3 N–H and O–H groups in total. The first kappa shape index (κ1) is 60.6. The summed E-state index contributed by atoms with van der Waals surface area (Å²) in [6.07, 6.45) is 62.8. The third-order valence-corrected chi connectivity index (χ3v) is 12.1. The number of hydrogen-bond acceptors (Lipinski definition) is 5. The molecule has 0 heterocycles. The molecular formula is C57H103NO5. The maximum atomic E-state index is 13.2. The molecule has 0 aromatic carbocycles. The number of hydrogen-bond donors (Lipinski definition) is 3. The molecule has 3 unspecified atom stereocenters. The van der Waals surface area contributed by atoms with Crippen molar-refractivity contribution in [2.24, 2.45) is 0 Å². The van der Waals surface area contributed by atoms with Crippen LogP contribution in [0.15, 0.2) is 60.8 Å². The Morgan fingerprint density at radius 3 is 1.30 bits per heavy atom. The van der Waals surface area contributed by atoms with Crippen LogP contribution in [0.5, 0.6) is 0 Å². The fourth-order valence-electron chi connectivity index (χ4n) is 7.94. The number of aliphatic hydroxyl groups excluding tert-OH is 2. The first-order valence-electron chi connectivity index (χ1n) is 27.0. The van der Waals surface area contributed by atoms with Gasteiger partial charge in [0.2, 0.25) is 5.91 Å². The van der Waals surface area contributed by atoms with Crippen molar-refractivity contribution < 1.29 is 24.5 Å². The Kier molecular flexibility index (Phi) is 48.6. The first-order valence-corrected chi connectivity index (χ1v) is 27.0. The lowest BCUT2D eigenvalue weighted by molar-refractivity contribution is -0.151. The summed E-state index contributed by atoms with van der Waals surface area (Å²) in [6.45, 7) is 6.43. The molecular weight excluding hydrogens is 779 g/mol. The number of unbranched alkanes of at least 4 members (excludes halogenated alkanes) is 26. The summed E-state index contributed by atoms with van der Waals surface area (Å²) in [4.78, 5) is 26.2. The van der Waals surface area contributed by atoms with Crippen molar-refractivity contribution in [2.45, 2.75) is 283 Å². The van der Waals surface area contributed by atoms with E-state index < -0.39 is 18.2 Å². The highest BCUT2D eigenvalue weighted by Crippen LogP contribution is 2.17. The number of carbonyl (C=O) groups is 2. The summed E-state index contributed by atoms with van der Waals surface area (Å²) < 4.78 is 5.92. The third-order valence-electron chi connectivity index (χ3n) is 12.1. The lowest BCUT2D eigenvalue weighted by Gasteiger charge is -2.24. The van der Waals surface area contributed by atoms with Crippen molar-refractivity contribution in [3.8, 4) is 0 Å². The van der Waals surface area contributed by atoms with Gasteiger partial charge in [-0.3, -0.25) is 9.59 Å². The Bertz CT molecular complexity index is 1130. The minimum absolute atomic E-state index is 0.0378. The highest BCUT2D eigenvalue weighted by Gasteiger charge is 2.24. The molecule has 0 aromatic rings. The van der Waals surface area contributed by atoms with E-state index in [2.05, 4.69) is 86.8 Å². The van der Waals surface area contributed by atoms with Crippen molar-refractivity contribution in [2.75, 3.05) is 6.61 Å². The first-order chi connectivity index (χ1) is 31.0. The molecule has 6 nitrogen and oxygen atoms in total. The Hall–Kier alpha value is -2.44. The summed E-state index contributed by atoms with van der Waals surface area (Å²) in [5.74, 6) is -0.530. The predicted molar refractivity (Wildman–Crippen MR) is 273 cm³/mol. The van der Waals surface area contributed by atoms with Gasteiger partial charge < -0.3 is 20.3 Å². The molecule has 3 atom stereocenters. The fourth-order valence-corrected chi connectivity index (χ4v) is 7.94. The van der Waals surface area contributed by atoms with Gasteiger partial charge >= 0.3 is 5.97 Å². The molecule has 63 heavy (non-hydrogen) atoms. The van der Waals surface area contributed by atoms with Gasteiger partial charge in [-0.1, -0.05) is 223 Å². The lowest BCUT2D eigenvalue weighted by Crippen LogP contribution is -2.46. The van der Waals surface area contributed by atoms with Crippen LogP contribution in [-0.4, -0.2) is 46.9 Å². The van der Waals surface area contributed by atoms with Crippen LogP contribution in [0.25, 0.3) is 0 Å². The number of nitrogens with one attached hydrogen (secondary N) is 1. The molecule has 0 aromatic heterocycles. The van der Waals surface area contributed by atoms with Gasteiger partial charge in [-0.2, -0.15) is 0 Å². The van der Waals surface area contributed by atoms with Gasteiger partial charge in [0.15, 0.2) is 0 Å². The molecule has 0 aliphatic rings. The van der Waals surface area contributed by atoms with Gasteiger partial charge in [-0.05, 0) is 89.9 Å². The lowest BCUT2D eigenvalue weighted by atomic mass is 10.0. The van der Waals surface area contributed by atoms with Crippen molar-refractivity contribution in [1.29, 1.82) is 0 Å². The van der Waals surface area contributed by atoms with Crippen molar-refractivity contribution in [3.63, 3.8) is 0 Å². The van der Waals surface area contributed by atoms with Crippen LogP contribution in [0.1, 0.15) is 265 Å². The van der Waals surface area contributed by atoms with E-state index in [0.29, 0.717) is 19.3 Å². The standard InChI is InChI=1S/C57H103NO5/c1-4-7-10-13-16-19-22-24-26-28-30-32-34-36-39-42-45-48-53(51-56(61)58-54(52-59)55(60)49-46-43-40-37-21-18-15-12-9-6-3)63-57(62)50-47-44-41-38-35-33-31-29-27-25-23-20-17-14-11-8-5-2/h16,19,24-27,30,32,36,39,53-55,59-60H,4-15,17-18,20-23,28-29,31,33-35,37-38,40-52H2,1-3H3,(H,58,61)/b19-16-,26-24-,27-25+,32-30-,39-36-. The average Bonchev–Trinajstić information content (AvgIpc) is 3.28. The molecule has 366 valence electrons. The average molecular weight is 882 g/mol. The van der Waals surface area contributed by atoms with E-state index >= 15 is 0 Å². The second-order valence-corrected chi connectivity index (χ2v) is 18.3. The zero-order valence-electron chi connectivity index (χ0n) is 41.7. The third kappa shape index (κ3) is 45.9. The van der Waals surface area contributed by atoms with Gasteiger partial charge in [0.1, 0.15) is 6.10 Å². The summed E-state index contributed by atoms with van der Waals surface area (Å²) in [5, 5.41) is 23.7. The zero-order chi connectivity index (χ0) is 45.9. The Labute approximate surface area is 390 Å². The number of amides is 1. The zero-order valence-corrected chi connectivity index (χ0v) is 41.7. The van der Waals surface area contributed by atoms with Gasteiger partial charge in [-0.15, -0.1) is 0 Å². The summed E-state index contributed by atoms with van der Waals surface area (Å²) >= 11 is 0. The number of carbonyl (C=O) groups excluding carboxylic acids is 2. The van der Waals surface area contributed by atoms with Gasteiger partial charge in [0.05, 0.1) is 25.2 Å². The van der Waals surface area contributed by atoms with Crippen molar-refractivity contribution >= 4 is 11.9 Å². The van der Waals surface area contributed by atoms with Crippen LogP contribution in [0, 0.1) is 0 Å². The van der Waals surface area contributed by atoms with Gasteiger partial charge in [-0.25, -0.2) is 0 Å². The number of allylic oxidation sites excluding steroid dienone is 10. The normalized spacial score (nSPS) is 13.7. The van der Waals surface area contributed by atoms with E-state index in [1.807, 2.05) is 0 Å². The Morgan fingerprint density at radius 2 is 0.825 bits per heavy atom. The maximum absolute atomic E-state index is 13.2. The van der Waals surface area contributed by atoms with E-state index in [1.54, 1.807) is 0 Å². The molecule has 0 aliphatic carbocycles. The molecule has 0 spiro atoms. The molecule has 1 amide bonds. The molecule has 0 saturated heterocycles. The predicted octanol–water partition coefficient (Wildman–Crippen LogP) is 16.4. The van der Waals surface area contributed by atoms with Gasteiger partial charge in [0, 0.05) is 6.42 Å². The SMILES string of the molecule is CCCCC/C=C\C/C=C\C/C=C\C/C=C\CCCC(CC(=O)NC(CO)C(O)CCCCCCCCCCCC)OC(=O)CCCCCCCCC/C=C/CCCCCCCC. The van der Waals surface area contributed by atoms with E-state index in [1.165, 1.54) is 148 Å². The summed E-state index contributed by atoms with van der Waals surface area (Å²) in [5.41, 5.74) is 0. The molecule has 0 radical (unpaired) electrons. The van der Waals surface area contributed by atoms with Crippen LogP contribution in [0.3, 0.4) is 0 Å². The molecule has 0 aliphatic heterocycles. The minimum atomic E-state index is -0.803. The highest BCUT2D eigenvalue weighted by atomic mass is 16.5. The summed E-state index contributed by atoms with van der Waals surface area (Å²) in [6, 6.07) is -0.720. The molecule has 6 heteroatoms. The van der Waals surface area contributed by atoms with Crippen molar-refractivity contribution in [3.05, 3.63) is 60.8 Å². The van der Waals surface area contributed by atoms with Crippen LogP contribution in [-0.2, 0) is 14.3 Å². The number of ether oxygens (including phenoxy) is 1. The minimum Gasteiger partial charge on any atom is -0.462 e. The second kappa shape index (κ2) is 50.6. The van der Waals surface area contributed by atoms with Crippen molar-refractivity contribution in [1.82, 2.24) is 5.32 Å². The Morgan fingerprint density at radius 1 is 0.460 bits per heavy atom. The van der Waals surface area contributed by atoms with Gasteiger partial charge in [0.25, 0.3) is 0 Å². The van der Waals surface area contributed by atoms with E-state index in [-0.39, 0.29) is 24.9 Å². The smallest absolute Gasteiger partial charge is 0.306 e. The number of aliphatic hydroxyl groups is 2. The van der Waals surface area contributed by atoms with Crippen LogP contribution in [0.4, 0.5) is 0 Å². The summed E-state index contributed by atoms with van der Waals surface area (Å²) in [7, 11) is 0. The van der Waals surface area contributed by atoms with E-state index in [4.69, 9.17) is 4.74 Å². The monoisotopic (exact) mass is 882 g/mol. The molecule has 0 fully saturated rings.